The number of benzene rings is 3. The van der Waals surface area contributed by atoms with Crippen LogP contribution in [0.25, 0.3) is 0 Å². The zero-order chi connectivity index (χ0) is 31.1. The summed E-state index contributed by atoms with van der Waals surface area (Å²) in [5, 5.41) is 2.96. The molecule has 0 bridgehead atoms. The van der Waals surface area contributed by atoms with Gasteiger partial charge in [-0.1, -0.05) is 43.7 Å². The standard InChI is InChI=1S/C32H38FN3O6S/c1-5-23(4)34-32(38)28(6-2)35(20-24-9-7-8-22(3)18-24)31(37)21-36(26-12-10-25(33)11-13-26)43(39,40)27-14-15-29-30(19-27)42-17-16-41-29/h7-15,18-19,23,28H,5-6,16-17,20-21H2,1-4H3,(H,34,38)/t23-,28+/m1/s1. The lowest BCUT2D eigenvalue weighted by atomic mass is 10.1. The van der Waals surface area contributed by atoms with Gasteiger partial charge in [0.25, 0.3) is 10.0 Å². The van der Waals surface area contributed by atoms with Gasteiger partial charge in [0, 0.05) is 18.7 Å². The normalized spacial score (nSPS) is 14.0. The molecule has 230 valence electrons. The minimum absolute atomic E-state index is 0.0915. The molecule has 1 aliphatic rings. The number of nitrogens with zero attached hydrogens (tertiary/aromatic N) is 2. The Morgan fingerprint density at radius 2 is 1.65 bits per heavy atom. The molecule has 2 amide bonds. The average molecular weight is 612 g/mol. The fourth-order valence-corrected chi connectivity index (χ4v) is 6.25. The summed E-state index contributed by atoms with van der Waals surface area (Å²) in [6.07, 6.45) is 1.02. The zero-order valence-electron chi connectivity index (χ0n) is 24.9. The summed E-state index contributed by atoms with van der Waals surface area (Å²) in [4.78, 5) is 28.9. The van der Waals surface area contributed by atoms with E-state index in [4.69, 9.17) is 9.47 Å². The van der Waals surface area contributed by atoms with E-state index in [2.05, 4.69) is 5.32 Å². The number of rotatable bonds is 12. The summed E-state index contributed by atoms with van der Waals surface area (Å²) in [6.45, 7) is 7.64. The van der Waals surface area contributed by atoms with Crippen molar-refractivity contribution in [1.82, 2.24) is 10.2 Å². The van der Waals surface area contributed by atoms with Gasteiger partial charge in [0.15, 0.2) is 11.5 Å². The number of ether oxygens (including phenoxy) is 2. The average Bonchev–Trinajstić information content (AvgIpc) is 2.99. The molecule has 3 aromatic rings. The van der Waals surface area contributed by atoms with Crippen molar-refractivity contribution in [2.45, 2.75) is 64.1 Å². The second-order valence-corrected chi connectivity index (χ2v) is 12.4. The van der Waals surface area contributed by atoms with Crippen molar-refractivity contribution < 1.29 is 31.9 Å². The van der Waals surface area contributed by atoms with Crippen LogP contribution in [0.3, 0.4) is 0 Å². The Bertz CT molecular complexity index is 1550. The molecule has 1 heterocycles. The molecule has 9 nitrogen and oxygen atoms in total. The monoisotopic (exact) mass is 611 g/mol. The van der Waals surface area contributed by atoms with E-state index >= 15 is 0 Å². The number of sulfonamides is 1. The highest BCUT2D eigenvalue weighted by Gasteiger charge is 2.34. The molecule has 0 saturated carbocycles. The zero-order valence-corrected chi connectivity index (χ0v) is 25.7. The highest BCUT2D eigenvalue weighted by Crippen LogP contribution is 2.34. The summed E-state index contributed by atoms with van der Waals surface area (Å²) in [7, 11) is -4.36. The molecule has 0 aromatic heterocycles. The predicted octanol–water partition coefficient (Wildman–Crippen LogP) is 4.82. The van der Waals surface area contributed by atoms with Crippen molar-refractivity contribution in [3.8, 4) is 11.5 Å². The highest BCUT2D eigenvalue weighted by atomic mass is 32.2. The molecule has 0 saturated heterocycles. The first-order valence-electron chi connectivity index (χ1n) is 14.4. The largest absolute Gasteiger partial charge is 0.486 e. The third-order valence-electron chi connectivity index (χ3n) is 7.32. The van der Waals surface area contributed by atoms with Gasteiger partial charge in [0.05, 0.1) is 10.6 Å². The van der Waals surface area contributed by atoms with E-state index < -0.39 is 34.3 Å². The van der Waals surface area contributed by atoms with E-state index in [1.165, 1.54) is 35.2 Å². The lowest BCUT2D eigenvalue weighted by Gasteiger charge is -2.34. The van der Waals surface area contributed by atoms with E-state index in [9.17, 15) is 22.4 Å². The molecule has 3 aromatic carbocycles. The van der Waals surface area contributed by atoms with Gasteiger partial charge in [-0.05, 0) is 68.7 Å². The summed E-state index contributed by atoms with van der Waals surface area (Å²) in [5.41, 5.74) is 1.87. The fraction of sp³-hybridized carbons (Fsp3) is 0.375. The summed E-state index contributed by atoms with van der Waals surface area (Å²) >= 11 is 0. The van der Waals surface area contributed by atoms with Gasteiger partial charge in [0.1, 0.15) is 31.6 Å². The summed E-state index contributed by atoms with van der Waals surface area (Å²) in [6, 6.07) is 15.7. The van der Waals surface area contributed by atoms with Crippen LogP contribution in [0.15, 0.2) is 71.6 Å². The van der Waals surface area contributed by atoms with Crippen LogP contribution in [0, 0.1) is 12.7 Å². The first-order valence-corrected chi connectivity index (χ1v) is 15.8. The van der Waals surface area contributed by atoms with Crippen molar-refractivity contribution in [2.75, 3.05) is 24.1 Å². The molecule has 4 rings (SSSR count). The van der Waals surface area contributed by atoms with Gasteiger partial charge < -0.3 is 19.7 Å². The molecular formula is C32H38FN3O6S. The van der Waals surface area contributed by atoms with Crippen LogP contribution in [0.2, 0.25) is 0 Å². The van der Waals surface area contributed by atoms with E-state index in [0.717, 1.165) is 27.6 Å². The van der Waals surface area contributed by atoms with Crippen LogP contribution >= 0.6 is 0 Å². The number of hydrogen-bond acceptors (Lipinski definition) is 6. The lowest BCUT2D eigenvalue weighted by Crippen LogP contribution is -2.53. The van der Waals surface area contributed by atoms with Crippen LogP contribution in [0.4, 0.5) is 10.1 Å². The minimum atomic E-state index is -4.36. The SMILES string of the molecule is CC[C@@H](C)NC(=O)[C@H](CC)N(Cc1cccc(C)c1)C(=O)CN(c1ccc(F)cc1)S(=O)(=O)c1ccc2c(c1)OCCO2. The van der Waals surface area contributed by atoms with Crippen molar-refractivity contribution in [3.63, 3.8) is 0 Å². The Morgan fingerprint density at radius 1 is 0.953 bits per heavy atom. The number of hydrogen-bond donors (Lipinski definition) is 1. The number of amides is 2. The van der Waals surface area contributed by atoms with Crippen molar-refractivity contribution >= 4 is 27.5 Å². The number of aryl methyl sites for hydroxylation is 1. The third-order valence-corrected chi connectivity index (χ3v) is 9.09. The summed E-state index contributed by atoms with van der Waals surface area (Å²) < 4.78 is 54.2. The number of fused-ring (bicyclic) bond motifs is 1. The van der Waals surface area contributed by atoms with E-state index in [1.54, 1.807) is 6.92 Å². The van der Waals surface area contributed by atoms with Crippen molar-refractivity contribution in [1.29, 1.82) is 0 Å². The van der Waals surface area contributed by atoms with Gasteiger partial charge in [-0.15, -0.1) is 0 Å². The van der Waals surface area contributed by atoms with Gasteiger partial charge in [-0.3, -0.25) is 13.9 Å². The fourth-order valence-electron chi connectivity index (χ4n) is 4.82. The molecule has 0 fully saturated rings. The van der Waals surface area contributed by atoms with Crippen LogP contribution in [-0.2, 0) is 26.2 Å². The molecule has 0 aliphatic carbocycles. The number of nitrogens with one attached hydrogen (secondary N) is 1. The second-order valence-electron chi connectivity index (χ2n) is 10.5. The Balaban J connectivity index is 1.74. The molecule has 2 atom stereocenters. The van der Waals surface area contributed by atoms with Gasteiger partial charge in [-0.25, -0.2) is 12.8 Å². The van der Waals surface area contributed by atoms with Crippen molar-refractivity contribution in [2.24, 2.45) is 0 Å². The first kappa shape index (κ1) is 31.8. The molecule has 0 radical (unpaired) electrons. The second kappa shape index (κ2) is 13.9. The minimum Gasteiger partial charge on any atom is -0.486 e. The molecule has 43 heavy (non-hydrogen) atoms. The number of carbonyl (C=O) groups is 2. The van der Waals surface area contributed by atoms with Gasteiger partial charge in [0.2, 0.25) is 11.8 Å². The highest BCUT2D eigenvalue weighted by molar-refractivity contribution is 7.92. The molecule has 11 heteroatoms. The molecule has 0 unspecified atom stereocenters. The Morgan fingerprint density at radius 3 is 2.30 bits per heavy atom. The maximum absolute atomic E-state index is 14.2. The molecule has 1 aliphatic heterocycles. The Hall–Kier alpha value is -4.12. The maximum Gasteiger partial charge on any atom is 0.264 e. The number of carbonyl (C=O) groups excluding carboxylic acids is 2. The van der Waals surface area contributed by atoms with Crippen LogP contribution in [-0.4, -0.2) is 57.0 Å². The number of anilines is 1. The third kappa shape index (κ3) is 7.64. The summed E-state index contributed by atoms with van der Waals surface area (Å²) in [5.74, 6) is -0.775. The van der Waals surface area contributed by atoms with Crippen LogP contribution < -0.4 is 19.1 Å². The quantitative estimate of drug-likeness (QED) is 0.315. The predicted molar refractivity (Wildman–Crippen MR) is 162 cm³/mol. The molecule has 1 N–H and O–H groups in total. The van der Waals surface area contributed by atoms with E-state index in [0.29, 0.717) is 25.2 Å². The maximum atomic E-state index is 14.2. The van der Waals surface area contributed by atoms with E-state index in [-0.39, 0.29) is 41.4 Å². The molecular weight excluding hydrogens is 573 g/mol. The smallest absolute Gasteiger partial charge is 0.264 e. The Kier molecular flexibility index (Phi) is 10.3. The van der Waals surface area contributed by atoms with Crippen LogP contribution in [0.1, 0.15) is 44.7 Å². The topological polar surface area (TPSA) is 105 Å². The number of halogens is 1. The van der Waals surface area contributed by atoms with Crippen LogP contribution in [0.5, 0.6) is 11.5 Å². The van der Waals surface area contributed by atoms with Gasteiger partial charge >= 0.3 is 0 Å². The van der Waals surface area contributed by atoms with E-state index in [1.807, 2.05) is 45.0 Å². The van der Waals surface area contributed by atoms with Gasteiger partial charge in [-0.2, -0.15) is 0 Å². The first-order chi connectivity index (χ1) is 20.5. The lowest BCUT2D eigenvalue weighted by molar-refractivity contribution is -0.140. The molecule has 0 spiro atoms. The van der Waals surface area contributed by atoms with Crippen molar-refractivity contribution in [3.05, 3.63) is 83.7 Å². The Labute approximate surface area is 252 Å².